The summed E-state index contributed by atoms with van der Waals surface area (Å²) in [5.74, 6) is 1.40. The van der Waals surface area contributed by atoms with E-state index in [1.807, 2.05) is 49.4 Å². The van der Waals surface area contributed by atoms with Crippen LogP contribution >= 0.6 is 11.3 Å². The first-order valence-electron chi connectivity index (χ1n) is 10.7. The normalized spacial score (nSPS) is 15.7. The molecule has 1 N–H and O–H groups in total. The molecular weight excluding hydrogens is 426 g/mol. The molecule has 0 unspecified atom stereocenters. The average Bonchev–Trinajstić information content (AvgIpc) is 3.41. The van der Waals surface area contributed by atoms with Crippen LogP contribution < -0.4 is 14.8 Å². The average molecular weight is 452 g/mol. The third-order valence-electron chi connectivity index (χ3n) is 5.64. The van der Waals surface area contributed by atoms with E-state index < -0.39 is 0 Å². The Morgan fingerprint density at radius 3 is 2.62 bits per heavy atom. The van der Waals surface area contributed by atoms with Crippen LogP contribution in [-0.2, 0) is 17.7 Å². The summed E-state index contributed by atoms with van der Waals surface area (Å²) in [6.07, 6.45) is 0.728. The minimum atomic E-state index is -0.147. The van der Waals surface area contributed by atoms with Crippen LogP contribution in [0, 0.1) is 6.92 Å². The quantitative estimate of drug-likeness (QED) is 0.614. The molecule has 1 fully saturated rings. The van der Waals surface area contributed by atoms with Crippen LogP contribution in [0.15, 0.2) is 42.5 Å². The minimum absolute atomic E-state index is 0.147. The number of fused-ring (bicyclic) bond motifs is 1. The zero-order valence-electron chi connectivity index (χ0n) is 17.9. The third kappa shape index (κ3) is 4.77. The highest BCUT2D eigenvalue weighted by atomic mass is 32.1. The van der Waals surface area contributed by atoms with Gasteiger partial charge in [-0.05, 0) is 42.3 Å². The monoisotopic (exact) mass is 451 g/mol. The molecule has 0 atom stereocenters. The maximum atomic E-state index is 12.7. The standard InChI is InChI=1S/C24H25N3O4S/c1-16-22(13-18-4-7-20-21(12-18)31-15-30-20)32-24(25-16)26-23(28)19-5-2-17(3-6-19)14-27-8-10-29-11-9-27/h2-7,12H,8-11,13-15H2,1H3,(H,25,26,28). The van der Waals surface area contributed by atoms with Crippen LogP contribution in [0.4, 0.5) is 5.13 Å². The molecule has 1 amide bonds. The van der Waals surface area contributed by atoms with Gasteiger partial charge in [-0.1, -0.05) is 18.2 Å². The van der Waals surface area contributed by atoms with E-state index in [1.165, 1.54) is 16.9 Å². The topological polar surface area (TPSA) is 72.9 Å². The van der Waals surface area contributed by atoms with E-state index in [0.717, 1.165) is 66.9 Å². The van der Waals surface area contributed by atoms with Crippen molar-refractivity contribution in [2.75, 3.05) is 38.4 Å². The number of nitrogens with zero attached hydrogens (tertiary/aromatic N) is 2. The molecule has 3 aromatic rings. The SMILES string of the molecule is Cc1nc(NC(=O)c2ccc(CN3CCOCC3)cc2)sc1Cc1ccc2c(c1)OCO2. The number of morpholine rings is 1. The lowest BCUT2D eigenvalue weighted by Crippen LogP contribution is -2.35. The van der Waals surface area contributed by atoms with Crippen molar-refractivity contribution in [2.45, 2.75) is 19.9 Å². The molecule has 0 spiro atoms. The number of hydrogen-bond acceptors (Lipinski definition) is 7. The summed E-state index contributed by atoms with van der Waals surface area (Å²) >= 11 is 1.50. The lowest BCUT2D eigenvalue weighted by molar-refractivity contribution is 0.0342. The fourth-order valence-electron chi connectivity index (χ4n) is 3.83. The van der Waals surface area contributed by atoms with Crippen molar-refractivity contribution in [3.63, 3.8) is 0 Å². The Morgan fingerprint density at radius 2 is 1.81 bits per heavy atom. The third-order valence-corrected chi connectivity index (χ3v) is 6.71. The van der Waals surface area contributed by atoms with Gasteiger partial charge in [-0.25, -0.2) is 4.98 Å². The maximum Gasteiger partial charge on any atom is 0.257 e. The molecule has 0 saturated carbocycles. The van der Waals surface area contributed by atoms with Gasteiger partial charge in [0.15, 0.2) is 16.6 Å². The molecule has 5 rings (SSSR count). The largest absolute Gasteiger partial charge is 0.454 e. The highest BCUT2D eigenvalue weighted by molar-refractivity contribution is 7.15. The number of amides is 1. The van der Waals surface area contributed by atoms with Crippen molar-refractivity contribution in [3.8, 4) is 11.5 Å². The molecule has 32 heavy (non-hydrogen) atoms. The lowest BCUT2D eigenvalue weighted by atomic mass is 10.1. The van der Waals surface area contributed by atoms with Crippen molar-refractivity contribution in [3.05, 3.63) is 69.7 Å². The van der Waals surface area contributed by atoms with E-state index >= 15 is 0 Å². The van der Waals surface area contributed by atoms with Crippen molar-refractivity contribution in [1.29, 1.82) is 0 Å². The van der Waals surface area contributed by atoms with Gasteiger partial charge < -0.3 is 14.2 Å². The first kappa shape index (κ1) is 20.9. The summed E-state index contributed by atoms with van der Waals surface area (Å²) in [7, 11) is 0. The molecule has 0 bridgehead atoms. The van der Waals surface area contributed by atoms with E-state index in [2.05, 4.69) is 15.2 Å². The van der Waals surface area contributed by atoms with Gasteiger partial charge in [0.25, 0.3) is 5.91 Å². The van der Waals surface area contributed by atoms with Gasteiger partial charge in [0.05, 0.1) is 18.9 Å². The van der Waals surface area contributed by atoms with Gasteiger partial charge in [0.2, 0.25) is 6.79 Å². The van der Waals surface area contributed by atoms with Crippen LogP contribution in [0.3, 0.4) is 0 Å². The van der Waals surface area contributed by atoms with Gasteiger partial charge in [0, 0.05) is 36.5 Å². The molecule has 3 heterocycles. The van der Waals surface area contributed by atoms with Gasteiger partial charge in [-0.3, -0.25) is 15.0 Å². The maximum absolute atomic E-state index is 12.7. The lowest BCUT2D eigenvalue weighted by Gasteiger charge is -2.26. The molecule has 7 nitrogen and oxygen atoms in total. The predicted molar refractivity (Wildman–Crippen MR) is 123 cm³/mol. The molecule has 8 heteroatoms. The molecule has 1 aromatic heterocycles. The van der Waals surface area contributed by atoms with Crippen LogP contribution in [0.2, 0.25) is 0 Å². The second-order valence-corrected chi connectivity index (χ2v) is 9.02. The first-order valence-corrected chi connectivity index (χ1v) is 11.5. The summed E-state index contributed by atoms with van der Waals surface area (Å²) in [5.41, 5.74) is 3.86. The number of benzene rings is 2. The Balaban J connectivity index is 1.21. The van der Waals surface area contributed by atoms with E-state index in [0.29, 0.717) is 10.7 Å². The number of nitrogens with one attached hydrogen (secondary N) is 1. The smallest absolute Gasteiger partial charge is 0.257 e. The zero-order valence-corrected chi connectivity index (χ0v) is 18.7. The molecular formula is C24H25N3O4S. The summed E-state index contributed by atoms with van der Waals surface area (Å²) in [6.45, 7) is 6.56. The Bertz CT molecular complexity index is 1110. The molecule has 2 aromatic carbocycles. The fraction of sp³-hybridized carbons (Fsp3) is 0.333. The van der Waals surface area contributed by atoms with E-state index in [1.54, 1.807) is 0 Å². The number of rotatable bonds is 6. The first-order chi connectivity index (χ1) is 15.6. The highest BCUT2D eigenvalue weighted by Crippen LogP contribution is 2.34. The number of aromatic nitrogens is 1. The zero-order chi connectivity index (χ0) is 21.9. The van der Waals surface area contributed by atoms with Crippen molar-refractivity contribution in [1.82, 2.24) is 9.88 Å². The van der Waals surface area contributed by atoms with Crippen LogP contribution in [0.1, 0.15) is 32.1 Å². The van der Waals surface area contributed by atoms with Crippen LogP contribution in [0.5, 0.6) is 11.5 Å². The second-order valence-electron chi connectivity index (χ2n) is 7.93. The van der Waals surface area contributed by atoms with Gasteiger partial charge in [0.1, 0.15) is 0 Å². The van der Waals surface area contributed by atoms with E-state index in [-0.39, 0.29) is 12.7 Å². The number of carbonyl (C=O) groups is 1. The minimum Gasteiger partial charge on any atom is -0.454 e. The molecule has 0 radical (unpaired) electrons. The number of carbonyl (C=O) groups excluding carboxylic acids is 1. The Kier molecular flexibility index (Phi) is 6.07. The molecule has 166 valence electrons. The van der Waals surface area contributed by atoms with Crippen LogP contribution in [-0.4, -0.2) is 48.9 Å². The summed E-state index contributed by atoms with van der Waals surface area (Å²) in [4.78, 5) is 20.7. The number of hydrogen-bond donors (Lipinski definition) is 1. The molecule has 0 aliphatic carbocycles. The van der Waals surface area contributed by atoms with Gasteiger partial charge in [-0.2, -0.15) is 0 Å². The van der Waals surface area contributed by atoms with Gasteiger partial charge >= 0.3 is 0 Å². The Morgan fingerprint density at radius 1 is 1.06 bits per heavy atom. The molecule has 1 saturated heterocycles. The van der Waals surface area contributed by atoms with Gasteiger partial charge in [-0.15, -0.1) is 11.3 Å². The summed E-state index contributed by atoms with van der Waals surface area (Å²) in [6, 6.07) is 13.7. The van der Waals surface area contributed by atoms with E-state index in [4.69, 9.17) is 14.2 Å². The number of aryl methyl sites for hydroxylation is 1. The Hall–Kier alpha value is -2.94. The highest BCUT2D eigenvalue weighted by Gasteiger charge is 2.16. The number of ether oxygens (including phenoxy) is 3. The predicted octanol–water partition coefficient (Wildman–Crippen LogP) is 3.86. The van der Waals surface area contributed by atoms with Crippen LogP contribution in [0.25, 0.3) is 0 Å². The summed E-state index contributed by atoms with van der Waals surface area (Å²) in [5, 5.41) is 3.56. The summed E-state index contributed by atoms with van der Waals surface area (Å²) < 4.78 is 16.2. The van der Waals surface area contributed by atoms with Crippen molar-refractivity contribution < 1.29 is 19.0 Å². The molecule has 2 aliphatic heterocycles. The van der Waals surface area contributed by atoms with Crippen molar-refractivity contribution >= 4 is 22.4 Å². The Labute approximate surface area is 190 Å². The second kappa shape index (κ2) is 9.28. The van der Waals surface area contributed by atoms with E-state index in [9.17, 15) is 4.79 Å². The number of anilines is 1. The fourth-order valence-corrected chi connectivity index (χ4v) is 4.82. The molecule has 2 aliphatic rings. The van der Waals surface area contributed by atoms with Crippen molar-refractivity contribution in [2.24, 2.45) is 0 Å². The number of thiazole rings is 1.